The molecule has 1 aliphatic rings. The number of rotatable bonds is 5. The van der Waals surface area contributed by atoms with Gasteiger partial charge in [0.2, 0.25) is 0 Å². The van der Waals surface area contributed by atoms with Crippen LogP contribution in [0, 0.1) is 17.3 Å². The number of hydrogen-bond acceptors (Lipinski definition) is 3. The summed E-state index contributed by atoms with van der Waals surface area (Å²) in [7, 11) is 0. The molecule has 0 amide bonds. The third-order valence-electron chi connectivity index (χ3n) is 3.76. The Hall–Kier alpha value is -0.120. The van der Waals surface area contributed by atoms with E-state index in [1.165, 1.54) is 19.3 Å². The molecule has 3 N–H and O–H groups in total. The molecular formula is C13H27NO2. The second kappa shape index (κ2) is 5.99. The zero-order valence-electron chi connectivity index (χ0n) is 10.9. The lowest BCUT2D eigenvalue weighted by Gasteiger charge is -2.35. The van der Waals surface area contributed by atoms with Crippen LogP contribution in [0.4, 0.5) is 0 Å². The molecule has 0 heterocycles. The molecule has 3 heteroatoms. The lowest BCUT2D eigenvalue weighted by atomic mass is 9.80. The Labute approximate surface area is 99.3 Å². The van der Waals surface area contributed by atoms with Crippen LogP contribution in [0.2, 0.25) is 0 Å². The minimum Gasteiger partial charge on any atom is -0.396 e. The lowest BCUT2D eigenvalue weighted by Crippen LogP contribution is -2.44. The molecule has 0 aliphatic heterocycles. The van der Waals surface area contributed by atoms with E-state index in [0.717, 1.165) is 11.8 Å². The molecule has 3 nitrogen and oxygen atoms in total. The van der Waals surface area contributed by atoms with Crippen molar-refractivity contribution >= 4 is 0 Å². The van der Waals surface area contributed by atoms with Gasteiger partial charge in [0.15, 0.2) is 0 Å². The van der Waals surface area contributed by atoms with Crippen LogP contribution in [-0.2, 0) is 0 Å². The van der Waals surface area contributed by atoms with E-state index >= 15 is 0 Å². The van der Waals surface area contributed by atoms with Crippen molar-refractivity contribution in [2.24, 2.45) is 17.3 Å². The number of hydrogen-bond donors (Lipinski definition) is 3. The van der Waals surface area contributed by atoms with Gasteiger partial charge in [-0.2, -0.15) is 0 Å². The summed E-state index contributed by atoms with van der Waals surface area (Å²) in [5.41, 5.74) is -0.385. The summed E-state index contributed by atoms with van der Waals surface area (Å²) in [6.45, 7) is 7.30. The van der Waals surface area contributed by atoms with Crippen molar-refractivity contribution < 1.29 is 10.2 Å². The van der Waals surface area contributed by atoms with Crippen LogP contribution >= 0.6 is 0 Å². The van der Waals surface area contributed by atoms with Crippen LogP contribution in [0.3, 0.4) is 0 Å². The topological polar surface area (TPSA) is 52.5 Å². The smallest absolute Gasteiger partial charge is 0.0518 e. The Morgan fingerprint density at radius 1 is 1.06 bits per heavy atom. The third-order valence-corrected chi connectivity index (χ3v) is 3.76. The molecule has 1 saturated carbocycles. The fourth-order valence-corrected chi connectivity index (χ4v) is 2.67. The fraction of sp³-hybridized carbons (Fsp3) is 1.00. The van der Waals surface area contributed by atoms with Gasteiger partial charge in [0, 0.05) is 18.0 Å². The first kappa shape index (κ1) is 13.9. The zero-order valence-corrected chi connectivity index (χ0v) is 10.9. The summed E-state index contributed by atoms with van der Waals surface area (Å²) < 4.78 is 0. The van der Waals surface area contributed by atoms with E-state index in [0.29, 0.717) is 12.6 Å². The van der Waals surface area contributed by atoms with Crippen molar-refractivity contribution in [2.75, 3.05) is 19.8 Å². The van der Waals surface area contributed by atoms with Crippen molar-refractivity contribution in [3.05, 3.63) is 0 Å². The highest BCUT2D eigenvalue weighted by Crippen LogP contribution is 2.28. The highest BCUT2D eigenvalue weighted by atomic mass is 16.3. The highest BCUT2D eigenvalue weighted by molar-refractivity contribution is 4.83. The maximum Gasteiger partial charge on any atom is 0.0518 e. The quantitative estimate of drug-likeness (QED) is 0.668. The molecule has 96 valence electrons. The molecule has 16 heavy (non-hydrogen) atoms. The zero-order chi connectivity index (χ0) is 12.2. The van der Waals surface area contributed by atoms with E-state index in [2.05, 4.69) is 19.2 Å². The predicted octanol–water partition coefficient (Wildman–Crippen LogP) is 1.39. The molecule has 2 unspecified atom stereocenters. The monoisotopic (exact) mass is 229 g/mol. The van der Waals surface area contributed by atoms with Gasteiger partial charge in [-0.3, -0.25) is 0 Å². The molecule has 2 atom stereocenters. The van der Waals surface area contributed by atoms with Gasteiger partial charge in [-0.25, -0.2) is 0 Å². The molecular weight excluding hydrogens is 202 g/mol. The normalized spacial score (nSPS) is 31.7. The minimum atomic E-state index is -0.385. The number of aliphatic hydroxyl groups excluding tert-OH is 2. The van der Waals surface area contributed by atoms with Gasteiger partial charge in [-0.15, -0.1) is 0 Å². The minimum absolute atomic E-state index is 0.0360. The van der Waals surface area contributed by atoms with Gasteiger partial charge in [0.1, 0.15) is 0 Å². The Kier molecular flexibility index (Phi) is 5.22. The molecule has 0 aromatic carbocycles. The Morgan fingerprint density at radius 2 is 1.56 bits per heavy atom. The van der Waals surface area contributed by atoms with E-state index in [-0.39, 0.29) is 18.6 Å². The van der Waals surface area contributed by atoms with E-state index in [1.807, 2.05) is 6.92 Å². The SMILES string of the molecule is CC1CC(C)CC(NCC(C)(CO)CO)C1. The Morgan fingerprint density at radius 3 is 2.00 bits per heavy atom. The summed E-state index contributed by atoms with van der Waals surface area (Å²) in [4.78, 5) is 0. The number of aliphatic hydroxyl groups is 2. The molecule has 0 bridgehead atoms. The lowest BCUT2D eigenvalue weighted by molar-refractivity contribution is 0.0637. The first-order valence-electron chi connectivity index (χ1n) is 6.44. The van der Waals surface area contributed by atoms with Crippen LogP contribution in [0.15, 0.2) is 0 Å². The second-order valence-electron chi connectivity index (χ2n) is 6.12. The van der Waals surface area contributed by atoms with Crippen molar-refractivity contribution in [1.82, 2.24) is 5.32 Å². The summed E-state index contributed by atoms with van der Waals surface area (Å²) in [5, 5.41) is 21.9. The molecule has 0 saturated heterocycles. The van der Waals surface area contributed by atoms with Gasteiger partial charge in [-0.05, 0) is 31.1 Å². The van der Waals surface area contributed by atoms with Crippen LogP contribution in [-0.4, -0.2) is 36.0 Å². The van der Waals surface area contributed by atoms with Crippen LogP contribution < -0.4 is 5.32 Å². The van der Waals surface area contributed by atoms with Crippen molar-refractivity contribution in [1.29, 1.82) is 0 Å². The van der Waals surface area contributed by atoms with E-state index in [9.17, 15) is 10.2 Å². The summed E-state index contributed by atoms with van der Waals surface area (Å²) in [6, 6.07) is 0.552. The van der Waals surface area contributed by atoms with Crippen molar-refractivity contribution in [3.63, 3.8) is 0 Å². The van der Waals surface area contributed by atoms with E-state index in [4.69, 9.17) is 0 Å². The van der Waals surface area contributed by atoms with Gasteiger partial charge in [0.25, 0.3) is 0 Å². The third kappa shape index (κ3) is 4.04. The van der Waals surface area contributed by atoms with Gasteiger partial charge >= 0.3 is 0 Å². The van der Waals surface area contributed by atoms with E-state index < -0.39 is 0 Å². The molecule has 0 radical (unpaired) electrons. The molecule has 0 aromatic heterocycles. The predicted molar refractivity (Wildman–Crippen MR) is 66.2 cm³/mol. The van der Waals surface area contributed by atoms with Crippen molar-refractivity contribution in [3.8, 4) is 0 Å². The fourth-order valence-electron chi connectivity index (χ4n) is 2.67. The standard InChI is InChI=1S/C13H27NO2/c1-10-4-11(2)6-12(5-10)14-7-13(3,8-15)9-16/h10-12,14-16H,4-9H2,1-3H3. The van der Waals surface area contributed by atoms with Gasteiger partial charge in [-0.1, -0.05) is 20.8 Å². The van der Waals surface area contributed by atoms with Crippen LogP contribution in [0.1, 0.15) is 40.0 Å². The molecule has 1 fully saturated rings. The first-order chi connectivity index (χ1) is 7.49. The summed E-state index contributed by atoms with van der Waals surface area (Å²) in [6.07, 6.45) is 3.77. The average Bonchev–Trinajstić information content (AvgIpc) is 2.25. The second-order valence-corrected chi connectivity index (χ2v) is 6.12. The first-order valence-corrected chi connectivity index (χ1v) is 6.44. The van der Waals surface area contributed by atoms with Gasteiger partial charge < -0.3 is 15.5 Å². The summed E-state index contributed by atoms with van der Waals surface area (Å²) >= 11 is 0. The van der Waals surface area contributed by atoms with E-state index in [1.54, 1.807) is 0 Å². The molecule has 1 aliphatic carbocycles. The number of nitrogens with one attached hydrogen (secondary N) is 1. The van der Waals surface area contributed by atoms with Crippen LogP contribution in [0.5, 0.6) is 0 Å². The van der Waals surface area contributed by atoms with Crippen molar-refractivity contribution in [2.45, 2.75) is 46.1 Å². The largest absolute Gasteiger partial charge is 0.396 e. The maximum atomic E-state index is 9.22. The average molecular weight is 229 g/mol. The highest BCUT2D eigenvalue weighted by Gasteiger charge is 2.27. The summed E-state index contributed by atoms with van der Waals surface area (Å²) in [5.74, 6) is 1.58. The van der Waals surface area contributed by atoms with Crippen LogP contribution in [0.25, 0.3) is 0 Å². The van der Waals surface area contributed by atoms with Gasteiger partial charge in [0.05, 0.1) is 13.2 Å². The molecule has 1 rings (SSSR count). The Balaban J connectivity index is 2.36. The Bertz CT molecular complexity index is 194. The molecule has 0 spiro atoms. The maximum absolute atomic E-state index is 9.22. The molecule has 0 aromatic rings.